The molecule has 2 rings (SSSR count). The van der Waals surface area contributed by atoms with Gasteiger partial charge in [0.25, 0.3) is 5.69 Å². The quantitative estimate of drug-likeness (QED) is 0.461. The number of nitrogens with zero attached hydrogens (tertiary/aromatic N) is 2. The molecule has 0 bridgehead atoms. The lowest BCUT2D eigenvalue weighted by atomic mass is 10.3. The topological polar surface area (TPSA) is 85.1 Å². The first-order chi connectivity index (χ1) is 10.5. The van der Waals surface area contributed by atoms with Gasteiger partial charge in [0, 0.05) is 16.2 Å². The van der Waals surface area contributed by atoms with E-state index >= 15 is 0 Å². The average Bonchev–Trinajstić information content (AvgIpc) is 2.49. The van der Waals surface area contributed by atoms with Crippen LogP contribution in [-0.2, 0) is 4.79 Å². The first-order valence-electron chi connectivity index (χ1n) is 5.94. The Morgan fingerprint density at radius 1 is 1.41 bits per heavy atom. The Morgan fingerprint density at radius 2 is 2.18 bits per heavy atom. The SMILES string of the molecule is O=C(CSc1ccc([N+](=O)[O-])cn1)Nc1ccc(Cl)c(Br)c1. The van der Waals surface area contributed by atoms with E-state index in [1.165, 1.54) is 23.9 Å². The third kappa shape index (κ3) is 4.69. The number of benzene rings is 1. The van der Waals surface area contributed by atoms with Crippen molar-refractivity contribution in [3.63, 3.8) is 0 Å². The van der Waals surface area contributed by atoms with Crippen LogP contribution in [0.1, 0.15) is 0 Å². The molecule has 6 nitrogen and oxygen atoms in total. The van der Waals surface area contributed by atoms with Crippen LogP contribution in [0.3, 0.4) is 0 Å². The molecule has 0 aliphatic heterocycles. The number of halogens is 2. The molecule has 114 valence electrons. The number of amides is 1. The first kappa shape index (κ1) is 16.7. The van der Waals surface area contributed by atoms with E-state index in [0.29, 0.717) is 20.2 Å². The van der Waals surface area contributed by atoms with E-state index in [1.54, 1.807) is 18.2 Å². The van der Waals surface area contributed by atoms with Gasteiger partial charge in [-0.1, -0.05) is 23.4 Å². The van der Waals surface area contributed by atoms with Crippen LogP contribution in [0.25, 0.3) is 0 Å². The molecule has 0 aliphatic rings. The molecule has 0 fully saturated rings. The standard InChI is InChI=1S/C13H9BrClN3O3S/c14-10-5-8(1-3-11(10)15)17-12(19)7-22-13-4-2-9(6-16-13)18(20)21/h1-6H,7H2,(H,17,19). The van der Waals surface area contributed by atoms with Crippen molar-refractivity contribution < 1.29 is 9.72 Å². The van der Waals surface area contributed by atoms with Crippen LogP contribution in [0.4, 0.5) is 11.4 Å². The average molecular weight is 403 g/mol. The van der Waals surface area contributed by atoms with Crippen molar-refractivity contribution in [2.24, 2.45) is 0 Å². The van der Waals surface area contributed by atoms with Gasteiger partial charge in [-0.15, -0.1) is 0 Å². The second-order valence-corrected chi connectivity index (χ2v) is 6.33. The lowest BCUT2D eigenvalue weighted by Crippen LogP contribution is -2.14. The second-order valence-electron chi connectivity index (χ2n) is 4.08. The Morgan fingerprint density at radius 3 is 2.77 bits per heavy atom. The van der Waals surface area contributed by atoms with Gasteiger partial charge >= 0.3 is 0 Å². The van der Waals surface area contributed by atoms with Crippen molar-refractivity contribution in [2.45, 2.75) is 5.03 Å². The van der Waals surface area contributed by atoms with Gasteiger partial charge in [-0.25, -0.2) is 4.98 Å². The molecule has 0 saturated carbocycles. The molecule has 0 atom stereocenters. The highest BCUT2D eigenvalue weighted by molar-refractivity contribution is 9.10. The van der Waals surface area contributed by atoms with Crippen molar-refractivity contribution in [1.82, 2.24) is 4.98 Å². The summed E-state index contributed by atoms with van der Waals surface area (Å²) in [6.07, 6.45) is 1.16. The predicted molar refractivity (Wildman–Crippen MR) is 89.4 cm³/mol. The molecule has 22 heavy (non-hydrogen) atoms. The molecule has 9 heteroatoms. The van der Waals surface area contributed by atoms with Crippen LogP contribution in [0.15, 0.2) is 46.0 Å². The smallest absolute Gasteiger partial charge is 0.287 e. The van der Waals surface area contributed by atoms with Gasteiger partial charge in [0.05, 0.1) is 20.7 Å². The van der Waals surface area contributed by atoms with Gasteiger partial charge in [0.1, 0.15) is 6.20 Å². The number of hydrogen-bond donors (Lipinski definition) is 1. The summed E-state index contributed by atoms with van der Waals surface area (Å²) in [6.45, 7) is 0. The minimum Gasteiger partial charge on any atom is -0.325 e. The van der Waals surface area contributed by atoms with E-state index < -0.39 is 4.92 Å². The van der Waals surface area contributed by atoms with Crippen molar-refractivity contribution in [1.29, 1.82) is 0 Å². The summed E-state index contributed by atoms with van der Waals surface area (Å²) in [5, 5.41) is 14.3. The molecule has 0 unspecified atom stereocenters. The number of carbonyl (C=O) groups excluding carboxylic acids is 1. The van der Waals surface area contributed by atoms with Crippen LogP contribution < -0.4 is 5.32 Å². The van der Waals surface area contributed by atoms with Crippen LogP contribution in [0.2, 0.25) is 5.02 Å². The lowest BCUT2D eigenvalue weighted by molar-refractivity contribution is -0.385. The summed E-state index contributed by atoms with van der Waals surface area (Å²) in [5.41, 5.74) is 0.540. The number of nitro groups is 1. The fourth-order valence-electron chi connectivity index (χ4n) is 1.48. The van der Waals surface area contributed by atoms with Crippen LogP contribution in [-0.4, -0.2) is 21.6 Å². The van der Waals surface area contributed by atoms with Crippen molar-refractivity contribution >= 4 is 56.6 Å². The summed E-state index contributed by atoms with van der Waals surface area (Å²) < 4.78 is 0.691. The Labute approximate surface area is 143 Å². The minimum atomic E-state index is -0.521. The third-order valence-corrected chi connectivity index (χ3v) is 4.64. The first-order valence-corrected chi connectivity index (χ1v) is 8.09. The number of pyridine rings is 1. The third-order valence-electron chi connectivity index (χ3n) is 2.49. The van der Waals surface area contributed by atoms with Gasteiger partial charge < -0.3 is 5.32 Å². The minimum absolute atomic E-state index is 0.0835. The van der Waals surface area contributed by atoms with E-state index in [1.807, 2.05) is 0 Å². The molecule has 1 aromatic heterocycles. The van der Waals surface area contributed by atoms with E-state index in [9.17, 15) is 14.9 Å². The molecule has 1 N–H and O–H groups in total. The van der Waals surface area contributed by atoms with Gasteiger partial charge in [-0.2, -0.15) is 0 Å². The van der Waals surface area contributed by atoms with Gasteiger partial charge in [0.2, 0.25) is 5.91 Å². The Bertz CT molecular complexity index is 712. The Balaban J connectivity index is 1.89. The molecular weight excluding hydrogens is 394 g/mol. The normalized spacial score (nSPS) is 10.3. The van der Waals surface area contributed by atoms with E-state index in [-0.39, 0.29) is 17.3 Å². The number of carbonyl (C=O) groups is 1. The molecule has 0 spiro atoms. The summed E-state index contributed by atoms with van der Waals surface area (Å²) in [7, 11) is 0. The molecule has 1 heterocycles. The molecule has 1 aromatic carbocycles. The summed E-state index contributed by atoms with van der Waals surface area (Å²) in [6, 6.07) is 7.93. The fraction of sp³-hybridized carbons (Fsp3) is 0.0769. The zero-order valence-corrected chi connectivity index (χ0v) is 14.1. The number of hydrogen-bond acceptors (Lipinski definition) is 5. The van der Waals surface area contributed by atoms with Gasteiger partial charge in [-0.3, -0.25) is 14.9 Å². The maximum Gasteiger partial charge on any atom is 0.287 e. The molecule has 1 amide bonds. The molecule has 2 aromatic rings. The summed E-state index contributed by atoms with van der Waals surface area (Å²) in [4.78, 5) is 25.8. The molecular formula is C13H9BrClN3O3S. The Hall–Kier alpha value is -1.64. The molecule has 0 saturated heterocycles. The largest absolute Gasteiger partial charge is 0.325 e. The maximum atomic E-state index is 11.8. The van der Waals surface area contributed by atoms with E-state index in [4.69, 9.17) is 11.6 Å². The predicted octanol–water partition coefficient (Wildman–Crippen LogP) is 4.14. The number of nitrogens with one attached hydrogen (secondary N) is 1. The maximum absolute atomic E-state index is 11.8. The number of aromatic nitrogens is 1. The van der Waals surface area contributed by atoms with Crippen molar-refractivity contribution in [2.75, 3.05) is 11.1 Å². The van der Waals surface area contributed by atoms with Gasteiger partial charge in [0.15, 0.2) is 0 Å². The van der Waals surface area contributed by atoms with Crippen molar-refractivity contribution in [3.8, 4) is 0 Å². The molecule has 0 radical (unpaired) electrons. The van der Waals surface area contributed by atoms with Crippen LogP contribution in [0.5, 0.6) is 0 Å². The highest BCUT2D eigenvalue weighted by atomic mass is 79.9. The van der Waals surface area contributed by atoms with E-state index in [2.05, 4.69) is 26.2 Å². The fourth-order valence-corrected chi connectivity index (χ4v) is 2.62. The van der Waals surface area contributed by atoms with Crippen LogP contribution in [0, 0.1) is 10.1 Å². The second kappa shape index (κ2) is 7.57. The van der Waals surface area contributed by atoms with Gasteiger partial charge in [-0.05, 0) is 40.2 Å². The molecule has 0 aliphatic carbocycles. The highest BCUT2D eigenvalue weighted by Crippen LogP contribution is 2.26. The number of rotatable bonds is 5. The zero-order chi connectivity index (χ0) is 16.1. The van der Waals surface area contributed by atoms with Crippen molar-refractivity contribution in [3.05, 3.63) is 56.1 Å². The highest BCUT2D eigenvalue weighted by Gasteiger charge is 2.08. The number of thioether (sulfide) groups is 1. The summed E-state index contributed by atoms with van der Waals surface area (Å²) in [5.74, 6) is -0.0650. The monoisotopic (exact) mass is 401 g/mol. The van der Waals surface area contributed by atoms with E-state index in [0.717, 1.165) is 6.20 Å². The number of anilines is 1. The van der Waals surface area contributed by atoms with Crippen LogP contribution >= 0.6 is 39.3 Å². The zero-order valence-electron chi connectivity index (χ0n) is 11.0. The summed E-state index contributed by atoms with van der Waals surface area (Å²) >= 11 is 10.3. The Kier molecular flexibility index (Phi) is 5.76. The lowest BCUT2D eigenvalue weighted by Gasteiger charge is -2.06.